The summed E-state index contributed by atoms with van der Waals surface area (Å²) in [6, 6.07) is 5.22. The zero-order valence-corrected chi connectivity index (χ0v) is 14.7. The number of carbonyl (C=O) groups excluding carboxylic acids is 1. The Morgan fingerprint density at radius 3 is 2.96 bits per heavy atom. The Hall–Kier alpha value is -3.43. The smallest absolute Gasteiger partial charge is 0.255 e. The van der Waals surface area contributed by atoms with Crippen LogP contribution in [0.1, 0.15) is 28.0 Å². The molecule has 0 saturated carbocycles. The topological polar surface area (TPSA) is 111 Å². The second kappa shape index (κ2) is 6.71. The fraction of sp³-hybridized carbons (Fsp3) is 0.389. The summed E-state index contributed by atoms with van der Waals surface area (Å²) in [5.74, 6) is 0.426. The quantitative estimate of drug-likeness (QED) is 0.734. The number of amides is 1. The van der Waals surface area contributed by atoms with Crippen LogP contribution in [0, 0.1) is 22.8 Å². The Kier molecular flexibility index (Phi) is 4.22. The molecule has 2 aliphatic rings. The number of fused-ring (bicyclic) bond motifs is 1. The standard InChI is InChI=1S/C18H17N7O2/c1-27-10-15-4-14(9-23(15)11-20)24-8-12-7-21-17(5-16(12)18(24)26)25-3-2-13(6-19)22-25/h2-3,5,7,14-15H,4,8-10H2,1H3/t14-,15+/m1/s1. The zero-order chi connectivity index (χ0) is 19.0. The summed E-state index contributed by atoms with van der Waals surface area (Å²) < 4.78 is 6.68. The van der Waals surface area contributed by atoms with Crippen LogP contribution in [0.15, 0.2) is 24.5 Å². The number of hydrogen-bond acceptors (Lipinski definition) is 7. The highest BCUT2D eigenvalue weighted by Crippen LogP contribution is 2.30. The SMILES string of the molecule is COC[C@@H]1C[C@@H](N2Cc3cnc(-n4ccc(C#N)n4)cc3C2=O)CN1C#N. The largest absolute Gasteiger partial charge is 0.383 e. The summed E-state index contributed by atoms with van der Waals surface area (Å²) in [6.45, 7) is 1.45. The molecule has 1 fully saturated rings. The molecule has 2 aromatic heterocycles. The van der Waals surface area contributed by atoms with E-state index < -0.39 is 0 Å². The van der Waals surface area contributed by atoms with Crippen molar-refractivity contribution < 1.29 is 9.53 Å². The molecule has 27 heavy (non-hydrogen) atoms. The zero-order valence-electron chi connectivity index (χ0n) is 14.7. The van der Waals surface area contributed by atoms with E-state index in [4.69, 9.17) is 10.00 Å². The summed E-state index contributed by atoms with van der Waals surface area (Å²) in [6.07, 6.45) is 6.21. The highest BCUT2D eigenvalue weighted by Gasteiger charge is 2.40. The Morgan fingerprint density at radius 2 is 2.26 bits per heavy atom. The molecule has 2 atom stereocenters. The van der Waals surface area contributed by atoms with Gasteiger partial charge in [-0.3, -0.25) is 4.79 Å². The van der Waals surface area contributed by atoms with E-state index in [-0.39, 0.29) is 23.7 Å². The van der Waals surface area contributed by atoms with Gasteiger partial charge in [-0.05, 0) is 18.6 Å². The van der Waals surface area contributed by atoms with Crippen molar-refractivity contribution in [2.75, 3.05) is 20.3 Å². The van der Waals surface area contributed by atoms with Crippen LogP contribution in [-0.4, -0.2) is 62.8 Å². The highest BCUT2D eigenvalue weighted by molar-refractivity contribution is 5.98. The minimum atomic E-state index is -0.0673. The number of pyridine rings is 1. The van der Waals surface area contributed by atoms with E-state index in [2.05, 4.69) is 16.3 Å². The van der Waals surface area contributed by atoms with E-state index in [0.29, 0.717) is 37.5 Å². The van der Waals surface area contributed by atoms with E-state index in [0.717, 1.165) is 5.56 Å². The maximum Gasteiger partial charge on any atom is 0.255 e. The second-order valence-electron chi connectivity index (χ2n) is 6.64. The van der Waals surface area contributed by atoms with Gasteiger partial charge in [0, 0.05) is 43.7 Å². The molecule has 4 heterocycles. The van der Waals surface area contributed by atoms with Gasteiger partial charge >= 0.3 is 0 Å². The Labute approximate surface area is 156 Å². The Bertz CT molecular complexity index is 971. The normalized spacial score (nSPS) is 21.2. The predicted octanol–water partition coefficient (Wildman–Crippen LogP) is 0.665. The van der Waals surface area contributed by atoms with Crippen molar-refractivity contribution >= 4 is 5.91 Å². The first-order valence-electron chi connectivity index (χ1n) is 8.56. The number of aromatic nitrogens is 3. The molecule has 0 spiro atoms. The van der Waals surface area contributed by atoms with Gasteiger partial charge in [0.1, 0.15) is 6.07 Å². The summed E-state index contributed by atoms with van der Waals surface area (Å²) in [5, 5.41) is 22.3. The third-order valence-electron chi connectivity index (χ3n) is 5.06. The van der Waals surface area contributed by atoms with Crippen molar-refractivity contribution in [1.82, 2.24) is 24.6 Å². The first-order chi connectivity index (χ1) is 13.1. The van der Waals surface area contributed by atoms with Gasteiger partial charge in [0.2, 0.25) is 0 Å². The number of rotatable bonds is 4. The van der Waals surface area contributed by atoms with Gasteiger partial charge in [-0.25, -0.2) is 9.67 Å². The molecular weight excluding hydrogens is 346 g/mol. The van der Waals surface area contributed by atoms with Crippen LogP contribution in [-0.2, 0) is 11.3 Å². The fourth-order valence-electron chi connectivity index (χ4n) is 3.73. The number of nitrogens with zero attached hydrogens (tertiary/aromatic N) is 7. The summed E-state index contributed by atoms with van der Waals surface area (Å²) in [5.41, 5.74) is 1.74. The van der Waals surface area contributed by atoms with E-state index in [1.54, 1.807) is 41.4 Å². The molecule has 0 radical (unpaired) electrons. The van der Waals surface area contributed by atoms with Crippen molar-refractivity contribution in [1.29, 1.82) is 10.5 Å². The van der Waals surface area contributed by atoms with Gasteiger partial charge in [0.05, 0.1) is 18.7 Å². The van der Waals surface area contributed by atoms with Gasteiger partial charge in [-0.2, -0.15) is 15.6 Å². The lowest BCUT2D eigenvalue weighted by Crippen LogP contribution is -2.37. The number of methoxy groups -OCH3 is 1. The minimum Gasteiger partial charge on any atom is -0.383 e. The van der Waals surface area contributed by atoms with Crippen molar-refractivity contribution in [3.63, 3.8) is 0 Å². The maximum absolute atomic E-state index is 13.0. The van der Waals surface area contributed by atoms with Gasteiger partial charge in [-0.1, -0.05) is 0 Å². The van der Waals surface area contributed by atoms with Crippen LogP contribution in [0.25, 0.3) is 5.82 Å². The lowest BCUT2D eigenvalue weighted by molar-refractivity contribution is 0.0709. The van der Waals surface area contributed by atoms with E-state index in [9.17, 15) is 10.1 Å². The molecule has 0 bridgehead atoms. The molecular formula is C18H17N7O2. The predicted molar refractivity (Wildman–Crippen MR) is 92.3 cm³/mol. The highest BCUT2D eigenvalue weighted by atomic mass is 16.5. The van der Waals surface area contributed by atoms with E-state index in [1.807, 2.05) is 6.07 Å². The molecule has 4 rings (SSSR count). The minimum absolute atomic E-state index is 0.0105. The lowest BCUT2D eigenvalue weighted by atomic mass is 10.1. The number of ether oxygens (including phenoxy) is 1. The van der Waals surface area contributed by atoms with Crippen LogP contribution >= 0.6 is 0 Å². The molecule has 1 amide bonds. The Morgan fingerprint density at radius 1 is 1.41 bits per heavy atom. The van der Waals surface area contributed by atoms with Gasteiger partial charge in [0.15, 0.2) is 17.7 Å². The van der Waals surface area contributed by atoms with Crippen LogP contribution in [0.3, 0.4) is 0 Å². The molecule has 9 heteroatoms. The van der Waals surface area contributed by atoms with E-state index >= 15 is 0 Å². The first-order valence-corrected chi connectivity index (χ1v) is 8.56. The van der Waals surface area contributed by atoms with Crippen LogP contribution in [0.4, 0.5) is 0 Å². The summed E-state index contributed by atoms with van der Waals surface area (Å²) in [4.78, 5) is 20.8. The molecule has 2 aliphatic heterocycles. The van der Waals surface area contributed by atoms with Crippen LogP contribution in [0.5, 0.6) is 0 Å². The summed E-state index contributed by atoms with van der Waals surface area (Å²) in [7, 11) is 1.61. The van der Waals surface area contributed by atoms with E-state index in [1.165, 1.54) is 4.68 Å². The number of nitriles is 2. The first kappa shape index (κ1) is 17.0. The molecule has 1 saturated heterocycles. The lowest BCUT2D eigenvalue weighted by Gasteiger charge is -2.22. The molecule has 136 valence electrons. The third-order valence-corrected chi connectivity index (χ3v) is 5.06. The molecule has 2 aromatic rings. The molecule has 0 aromatic carbocycles. The van der Waals surface area contributed by atoms with Gasteiger partial charge < -0.3 is 14.5 Å². The maximum atomic E-state index is 13.0. The Balaban J connectivity index is 1.56. The average molecular weight is 363 g/mol. The number of likely N-dealkylation sites (tertiary alicyclic amines) is 1. The van der Waals surface area contributed by atoms with Gasteiger partial charge in [-0.15, -0.1) is 0 Å². The molecule has 0 N–H and O–H groups in total. The molecule has 0 aliphatic carbocycles. The fourth-order valence-corrected chi connectivity index (χ4v) is 3.73. The van der Waals surface area contributed by atoms with Crippen LogP contribution in [0.2, 0.25) is 0 Å². The van der Waals surface area contributed by atoms with Crippen molar-refractivity contribution in [3.05, 3.63) is 41.3 Å². The number of hydrogen-bond donors (Lipinski definition) is 0. The average Bonchev–Trinajstić information content (AvgIpc) is 3.39. The number of carbonyl (C=O) groups is 1. The van der Waals surface area contributed by atoms with Crippen molar-refractivity contribution in [3.8, 4) is 18.1 Å². The monoisotopic (exact) mass is 363 g/mol. The summed E-state index contributed by atoms with van der Waals surface area (Å²) >= 11 is 0. The molecule has 0 unspecified atom stereocenters. The van der Waals surface area contributed by atoms with Crippen molar-refractivity contribution in [2.45, 2.75) is 25.0 Å². The third kappa shape index (κ3) is 2.88. The second-order valence-corrected chi connectivity index (χ2v) is 6.64. The van der Waals surface area contributed by atoms with Crippen molar-refractivity contribution in [2.24, 2.45) is 0 Å². The van der Waals surface area contributed by atoms with Crippen LogP contribution < -0.4 is 0 Å². The van der Waals surface area contributed by atoms with Gasteiger partial charge in [0.25, 0.3) is 5.91 Å². The molecule has 9 nitrogen and oxygen atoms in total.